The van der Waals surface area contributed by atoms with Crippen molar-refractivity contribution in [3.8, 4) is 0 Å². The van der Waals surface area contributed by atoms with Crippen LogP contribution < -0.4 is 0 Å². The minimum Gasteiger partial charge on any atom is -0.481 e. The number of rotatable bonds is 6. The van der Waals surface area contributed by atoms with Crippen LogP contribution in [-0.2, 0) is 9.59 Å². The fraction of sp³-hybridized carbons (Fsp3) is 0.733. The molecule has 1 rings (SSSR count). The van der Waals surface area contributed by atoms with Gasteiger partial charge in [-0.1, -0.05) is 46.3 Å². The summed E-state index contributed by atoms with van der Waals surface area (Å²) in [5.74, 6) is -0.837. The topological polar surface area (TPSA) is 54.4 Å². The Morgan fingerprint density at radius 1 is 1.44 bits per heavy atom. The fourth-order valence-electron chi connectivity index (χ4n) is 3.45. The fourth-order valence-corrected chi connectivity index (χ4v) is 3.45. The molecule has 1 aliphatic rings. The van der Waals surface area contributed by atoms with Crippen molar-refractivity contribution >= 4 is 12.3 Å². The molecule has 3 heteroatoms. The second kappa shape index (κ2) is 4.87. The van der Waals surface area contributed by atoms with Crippen LogP contribution in [0, 0.1) is 16.2 Å². The first kappa shape index (κ1) is 14.9. The lowest BCUT2D eigenvalue weighted by molar-refractivity contribution is -0.166. The van der Waals surface area contributed by atoms with E-state index in [0.717, 1.165) is 19.1 Å². The minimum absolute atomic E-state index is 0.0950. The third kappa shape index (κ3) is 1.90. The molecule has 0 aromatic heterocycles. The molecule has 3 nitrogen and oxygen atoms in total. The van der Waals surface area contributed by atoms with Crippen LogP contribution >= 0.6 is 0 Å². The van der Waals surface area contributed by atoms with Crippen LogP contribution in [0.3, 0.4) is 0 Å². The Morgan fingerprint density at radius 2 is 2.06 bits per heavy atom. The van der Waals surface area contributed by atoms with Gasteiger partial charge in [0.25, 0.3) is 0 Å². The molecular weight excluding hydrogens is 228 g/mol. The molecule has 0 heterocycles. The monoisotopic (exact) mass is 252 g/mol. The molecule has 1 N–H and O–H groups in total. The molecule has 0 radical (unpaired) electrons. The predicted molar refractivity (Wildman–Crippen MR) is 71.3 cm³/mol. The number of hydrogen-bond donors (Lipinski definition) is 1. The maximum Gasteiger partial charge on any atom is 0.310 e. The van der Waals surface area contributed by atoms with E-state index in [1.54, 1.807) is 0 Å². The lowest BCUT2D eigenvalue weighted by Crippen LogP contribution is -2.52. The first-order chi connectivity index (χ1) is 8.27. The van der Waals surface area contributed by atoms with Crippen LogP contribution in [0.2, 0.25) is 0 Å². The van der Waals surface area contributed by atoms with E-state index in [2.05, 4.69) is 26.0 Å². The molecule has 0 saturated heterocycles. The Labute approximate surface area is 109 Å². The highest BCUT2D eigenvalue weighted by molar-refractivity contribution is 5.79. The molecular formula is C15H24O3. The van der Waals surface area contributed by atoms with Gasteiger partial charge in [-0.15, -0.1) is 0 Å². The largest absolute Gasteiger partial charge is 0.481 e. The molecule has 18 heavy (non-hydrogen) atoms. The zero-order valence-electron chi connectivity index (χ0n) is 11.8. The first-order valence-electron chi connectivity index (χ1n) is 6.62. The van der Waals surface area contributed by atoms with Crippen molar-refractivity contribution in [2.75, 3.05) is 0 Å². The van der Waals surface area contributed by atoms with E-state index in [-0.39, 0.29) is 11.8 Å². The maximum atomic E-state index is 11.9. The lowest BCUT2D eigenvalue weighted by atomic mass is 9.51. The molecule has 0 spiro atoms. The summed E-state index contributed by atoms with van der Waals surface area (Å²) in [6.45, 7) is 8.12. The standard InChI is InChI=1S/C15H24O3/c1-5-7-15(10-11-16,12(17)18)14(4)9-6-8-13(14,2)3/h6,8,11H,5,7,9-10H2,1-4H3,(H,17,18)/t14?,15-/m1/s1. The molecule has 0 amide bonds. The second-order valence-corrected chi connectivity index (χ2v) is 6.17. The zero-order chi connectivity index (χ0) is 14.0. The van der Waals surface area contributed by atoms with Gasteiger partial charge in [-0.05, 0) is 23.7 Å². The lowest BCUT2D eigenvalue weighted by Gasteiger charge is -2.50. The van der Waals surface area contributed by atoms with Gasteiger partial charge in [-0.25, -0.2) is 0 Å². The van der Waals surface area contributed by atoms with Crippen LogP contribution in [0.1, 0.15) is 53.4 Å². The third-order valence-corrected chi connectivity index (χ3v) is 5.06. The summed E-state index contributed by atoms with van der Waals surface area (Å²) in [5, 5.41) is 9.76. The van der Waals surface area contributed by atoms with E-state index in [4.69, 9.17) is 0 Å². The van der Waals surface area contributed by atoms with Crippen molar-refractivity contribution in [1.29, 1.82) is 0 Å². The Hall–Kier alpha value is -1.12. The molecule has 1 unspecified atom stereocenters. The summed E-state index contributed by atoms with van der Waals surface area (Å²) >= 11 is 0. The molecule has 0 aromatic rings. The van der Waals surface area contributed by atoms with Crippen LogP contribution in [0.4, 0.5) is 0 Å². The predicted octanol–water partition coefficient (Wildman–Crippen LogP) is 3.44. The van der Waals surface area contributed by atoms with Gasteiger partial charge < -0.3 is 9.90 Å². The van der Waals surface area contributed by atoms with Gasteiger partial charge in [-0.2, -0.15) is 0 Å². The number of carboxylic acid groups (broad SMARTS) is 1. The quantitative estimate of drug-likeness (QED) is 0.582. The highest BCUT2D eigenvalue weighted by atomic mass is 16.4. The van der Waals surface area contributed by atoms with E-state index in [1.807, 2.05) is 13.8 Å². The van der Waals surface area contributed by atoms with E-state index in [9.17, 15) is 14.7 Å². The highest BCUT2D eigenvalue weighted by Crippen LogP contribution is 2.61. The SMILES string of the molecule is CCC[C@@](CC=O)(C(=O)O)C1(C)CC=CC1(C)C. The Kier molecular flexibility index (Phi) is 4.04. The molecule has 1 aliphatic carbocycles. The van der Waals surface area contributed by atoms with Gasteiger partial charge in [0.05, 0.1) is 5.41 Å². The van der Waals surface area contributed by atoms with Crippen molar-refractivity contribution in [2.45, 2.75) is 53.4 Å². The van der Waals surface area contributed by atoms with Crippen molar-refractivity contribution in [2.24, 2.45) is 16.2 Å². The molecule has 2 atom stereocenters. The van der Waals surface area contributed by atoms with Gasteiger partial charge >= 0.3 is 5.97 Å². The van der Waals surface area contributed by atoms with Gasteiger partial charge in [0, 0.05) is 6.42 Å². The molecule has 0 fully saturated rings. The number of aliphatic carboxylic acids is 1. The smallest absolute Gasteiger partial charge is 0.310 e. The summed E-state index contributed by atoms with van der Waals surface area (Å²) in [6, 6.07) is 0. The summed E-state index contributed by atoms with van der Waals surface area (Å²) in [7, 11) is 0. The number of carbonyl (C=O) groups is 2. The van der Waals surface area contributed by atoms with Crippen molar-refractivity contribution in [3.63, 3.8) is 0 Å². The third-order valence-electron chi connectivity index (χ3n) is 5.06. The van der Waals surface area contributed by atoms with Crippen LogP contribution in [0.15, 0.2) is 12.2 Å². The van der Waals surface area contributed by atoms with Gasteiger partial charge in [0.15, 0.2) is 0 Å². The second-order valence-electron chi connectivity index (χ2n) is 6.17. The zero-order valence-corrected chi connectivity index (χ0v) is 11.8. The van der Waals surface area contributed by atoms with Gasteiger partial charge in [0.1, 0.15) is 6.29 Å². The highest BCUT2D eigenvalue weighted by Gasteiger charge is 2.59. The van der Waals surface area contributed by atoms with Crippen LogP contribution in [-0.4, -0.2) is 17.4 Å². The first-order valence-corrected chi connectivity index (χ1v) is 6.62. The van der Waals surface area contributed by atoms with Crippen LogP contribution in [0.25, 0.3) is 0 Å². The Morgan fingerprint density at radius 3 is 2.39 bits per heavy atom. The van der Waals surface area contributed by atoms with Gasteiger partial charge in [-0.3, -0.25) is 4.79 Å². The minimum atomic E-state index is -0.962. The van der Waals surface area contributed by atoms with Crippen molar-refractivity contribution in [1.82, 2.24) is 0 Å². The number of aldehydes is 1. The van der Waals surface area contributed by atoms with E-state index < -0.39 is 16.8 Å². The van der Waals surface area contributed by atoms with E-state index in [0.29, 0.717) is 6.42 Å². The average molecular weight is 252 g/mol. The van der Waals surface area contributed by atoms with Gasteiger partial charge in [0.2, 0.25) is 0 Å². The number of allylic oxidation sites excluding steroid dienone is 2. The van der Waals surface area contributed by atoms with E-state index in [1.165, 1.54) is 0 Å². The summed E-state index contributed by atoms with van der Waals surface area (Å²) in [5.41, 5.74) is -1.58. The summed E-state index contributed by atoms with van der Waals surface area (Å²) < 4.78 is 0. The molecule has 0 bridgehead atoms. The van der Waals surface area contributed by atoms with Crippen molar-refractivity contribution in [3.05, 3.63) is 12.2 Å². The summed E-state index contributed by atoms with van der Waals surface area (Å²) in [4.78, 5) is 22.9. The Balaban J connectivity index is 3.33. The van der Waals surface area contributed by atoms with E-state index >= 15 is 0 Å². The normalized spacial score (nSPS) is 28.9. The van der Waals surface area contributed by atoms with Crippen molar-refractivity contribution < 1.29 is 14.7 Å². The maximum absolute atomic E-state index is 11.9. The molecule has 0 saturated carbocycles. The number of hydrogen-bond acceptors (Lipinski definition) is 2. The number of carbonyl (C=O) groups excluding carboxylic acids is 1. The van der Waals surface area contributed by atoms with Crippen LogP contribution in [0.5, 0.6) is 0 Å². The summed E-state index contributed by atoms with van der Waals surface area (Å²) in [6.07, 6.45) is 7.04. The number of carboxylic acids is 1. The molecule has 0 aliphatic heterocycles. The average Bonchev–Trinajstić information content (AvgIpc) is 2.53. The Bertz CT molecular complexity index is 370. The molecule has 0 aromatic carbocycles. The molecule has 102 valence electrons.